The zero-order chi connectivity index (χ0) is 20.7. The third-order valence-corrected chi connectivity index (χ3v) is 5.78. The van der Waals surface area contributed by atoms with Crippen molar-refractivity contribution in [3.05, 3.63) is 76.2 Å². The number of aryl methyl sites for hydroxylation is 3. The summed E-state index contributed by atoms with van der Waals surface area (Å²) in [4.78, 5) is 31.1. The lowest BCUT2D eigenvalue weighted by Crippen LogP contribution is -2.32. The van der Waals surface area contributed by atoms with Crippen LogP contribution in [0.4, 0.5) is 5.13 Å². The monoisotopic (exact) mass is 403 g/mol. The third kappa shape index (κ3) is 3.47. The zero-order valence-corrected chi connectivity index (χ0v) is 17.4. The summed E-state index contributed by atoms with van der Waals surface area (Å²) in [7, 11) is 0. The molecule has 0 saturated heterocycles. The number of hydrogen-bond acceptors (Lipinski definition) is 4. The molecule has 5 nitrogen and oxygen atoms in total. The number of carbonyl (C=O) groups excluding carboxylic acids is 2. The highest BCUT2D eigenvalue weighted by atomic mass is 32.1. The molecule has 0 atom stereocenters. The van der Waals surface area contributed by atoms with Crippen molar-refractivity contribution >= 4 is 34.0 Å². The topological polar surface area (TPSA) is 62.3 Å². The quantitative estimate of drug-likeness (QED) is 0.681. The van der Waals surface area contributed by atoms with Crippen LogP contribution in [0.25, 0.3) is 17.0 Å². The third-order valence-electron chi connectivity index (χ3n) is 5.02. The van der Waals surface area contributed by atoms with Crippen LogP contribution in [0, 0.1) is 20.8 Å². The smallest absolute Gasteiger partial charge is 0.259 e. The largest absolute Gasteiger partial charge is 0.300 e. The molecule has 3 aromatic rings. The summed E-state index contributed by atoms with van der Waals surface area (Å²) in [6.45, 7) is 10.1. The number of amides is 2. The van der Waals surface area contributed by atoms with Gasteiger partial charge in [-0.05, 0) is 38.0 Å². The van der Waals surface area contributed by atoms with Crippen LogP contribution in [0.15, 0.2) is 48.4 Å². The Hall–Kier alpha value is -3.25. The Morgan fingerprint density at radius 2 is 1.79 bits per heavy atom. The first-order valence-corrected chi connectivity index (χ1v) is 10.2. The van der Waals surface area contributed by atoms with Gasteiger partial charge in [0.05, 0.1) is 5.69 Å². The Balaban J connectivity index is 1.49. The molecule has 4 rings (SSSR count). The van der Waals surface area contributed by atoms with Crippen LogP contribution in [-0.2, 0) is 4.79 Å². The van der Waals surface area contributed by atoms with Crippen molar-refractivity contribution < 1.29 is 9.59 Å². The molecular formula is C23H21N3O2S. The molecule has 29 heavy (non-hydrogen) atoms. The molecule has 2 aromatic carbocycles. The first kappa shape index (κ1) is 19.1. The summed E-state index contributed by atoms with van der Waals surface area (Å²) >= 11 is 1.37. The number of benzene rings is 2. The van der Waals surface area contributed by atoms with E-state index in [-0.39, 0.29) is 18.4 Å². The Morgan fingerprint density at radius 3 is 2.45 bits per heavy atom. The fourth-order valence-electron chi connectivity index (χ4n) is 3.83. The molecule has 2 heterocycles. The zero-order valence-electron chi connectivity index (χ0n) is 16.6. The number of rotatable bonds is 4. The molecule has 0 fully saturated rings. The van der Waals surface area contributed by atoms with Gasteiger partial charge in [-0.1, -0.05) is 42.5 Å². The highest BCUT2D eigenvalue weighted by Gasteiger charge is 2.32. The molecule has 1 aromatic heterocycles. The van der Waals surface area contributed by atoms with Crippen molar-refractivity contribution in [3.8, 4) is 11.3 Å². The molecule has 6 heteroatoms. The molecule has 1 aliphatic heterocycles. The fraction of sp³-hybridized carbons (Fsp3) is 0.174. The van der Waals surface area contributed by atoms with E-state index in [2.05, 4.69) is 49.8 Å². The Labute approximate surface area is 173 Å². The minimum Gasteiger partial charge on any atom is -0.300 e. The van der Waals surface area contributed by atoms with Gasteiger partial charge in [0.1, 0.15) is 6.54 Å². The second-order valence-corrected chi connectivity index (χ2v) is 8.10. The predicted octanol–water partition coefficient (Wildman–Crippen LogP) is 4.80. The molecular weight excluding hydrogens is 382 g/mol. The van der Waals surface area contributed by atoms with Crippen molar-refractivity contribution in [1.82, 2.24) is 9.88 Å². The van der Waals surface area contributed by atoms with E-state index in [9.17, 15) is 9.59 Å². The molecule has 0 saturated carbocycles. The SMILES string of the molecule is C=C1c2ccccc2C(=O)N1CC(=O)Nc1nc(-c2c(C)cc(C)cc2C)cs1. The average molecular weight is 404 g/mol. The van der Waals surface area contributed by atoms with Crippen molar-refractivity contribution in [2.75, 3.05) is 11.9 Å². The number of anilines is 1. The van der Waals surface area contributed by atoms with Crippen LogP contribution >= 0.6 is 11.3 Å². The van der Waals surface area contributed by atoms with E-state index in [4.69, 9.17) is 0 Å². The van der Waals surface area contributed by atoms with Gasteiger partial charge in [0.15, 0.2) is 5.13 Å². The van der Waals surface area contributed by atoms with Crippen LogP contribution in [0.1, 0.15) is 32.6 Å². The maximum Gasteiger partial charge on any atom is 0.259 e. The van der Waals surface area contributed by atoms with Gasteiger partial charge in [-0.25, -0.2) is 4.98 Å². The van der Waals surface area contributed by atoms with Crippen LogP contribution in [0.3, 0.4) is 0 Å². The second-order valence-electron chi connectivity index (χ2n) is 7.24. The van der Waals surface area contributed by atoms with Crippen molar-refractivity contribution in [2.45, 2.75) is 20.8 Å². The molecule has 0 unspecified atom stereocenters. The van der Waals surface area contributed by atoms with Gasteiger partial charge in [0, 0.05) is 27.8 Å². The molecule has 0 aliphatic carbocycles. The van der Waals surface area contributed by atoms with E-state index < -0.39 is 0 Å². The maximum atomic E-state index is 12.6. The lowest BCUT2D eigenvalue weighted by atomic mass is 9.98. The van der Waals surface area contributed by atoms with Gasteiger partial charge in [0.2, 0.25) is 5.91 Å². The number of hydrogen-bond donors (Lipinski definition) is 1. The predicted molar refractivity (Wildman–Crippen MR) is 117 cm³/mol. The number of fused-ring (bicyclic) bond motifs is 1. The summed E-state index contributed by atoms with van der Waals surface area (Å²) in [6.07, 6.45) is 0. The van der Waals surface area contributed by atoms with E-state index >= 15 is 0 Å². The van der Waals surface area contributed by atoms with E-state index in [1.54, 1.807) is 12.1 Å². The van der Waals surface area contributed by atoms with Crippen LogP contribution in [0.5, 0.6) is 0 Å². The van der Waals surface area contributed by atoms with Crippen LogP contribution in [-0.4, -0.2) is 28.2 Å². The Bertz CT molecular complexity index is 1100. The summed E-state index contributed by atoms with van der Waals surface area (Å²) in [5.41, 5.74) is 7.35. The van der Waals surface area contributed by atoms with E-state index in [1.807, 2.05) is 17.5 Å². The molecule has 146 valence electrons. The summed E-state index contributed by atoms with van der Waals surface area (Å²) in [5.74, 6) is -0.503. The van der Waals surface area contributed by atoms with Crippen molar-refractivity contribution in [1.29, 1.82) is 0 Å². The molecule has 0 radical (unpaired) electrons. The number of nitrogens with one attached hydrogen (secondary N) is 1. The number of thiazole rings is 1. The highest BCUT2D eigenvalue weighted by Crippen LogP contribution is 2.32. The van der Waals surface area contributed by atoms with E-state index in [0.29, 0.717) is 16.4 Å². The first-order valence-electron chi connectivity index (χ1n) is 9.29. The number of aromatic nitrogens is 1. The minimum absolute atomic E-state index is 0.0934. The lowest BCUT2D eigenvalue weighted by molar-refractivity contribution is -0.116. The summed E-state index contributed by atoms with van der Waals surface area (Å²) < 4.78 is 0. The molecule has 2 amide bonds. The van der Waals surface area contributed by atoms with Crippen molar-refractivity contribution in [3.63, 3.8) is 0 Å². The summed E-state index contributed by atoms with van der Waals surface area (Å²) in [6, 6.07) is 11.5. The molecule has 0 spiro atoms. The fourth-order valence-corrected chi connectivity index (χ4v) is 4.55. The lowest BCUT2D eigenvalue weighted by Gasteiger charge is -2.16. The van der Waals surface area contributed by atoms with Crippen LogP contribution < -0.4 is 5.32 Å². The molecule has 1 aliphatic rings. The number of nitrogens with zero attached hydrogens (tertiary/aromatic N) is 2. The van der Waals surface area contributed by atoms with E-state index in [1.165, 1.54) is 21.8 Å². The Kier molecular flexibility index (Phi) is 4.80. The highest BCUT2D eigenvalue weighted by molar-refractivity contribution is 7.14. The maximum absolute atomic E-state index is 12.6. The van der Waals surface area contributed by atoms with Gasteiger partial charge >= 0.3 is 0 Å². The van der Waals surface area contributed by atoms with Gasteiger partial charge < -0.3 is 5.32 Å². The summed E-state index contributed by atoms with van der Waals surface area (Å²) in [5, 5.41) is 5.26. The van der Waals surface area contributed by atoms with Crippen LogP contribution in [0.2, 0.25) is 0 Å². The first-order chi connectivity index (χ1) is 13.8. The molecule has 1 N–H and O–H groups in total. The van der Waals surface area contributed by atoms with Gasteiger partial charge in [0.25, 0.3) is 5.91 Å². The second kappa shape index (κ2) is 7.29. The number of carbonyl (C=O) groups is 2. The van der Waals surface area contributed by atoms with Gasteiger partial charge in [-0.15, -0.1) is 11.3 Å². The minimum atomic E-state index is -0.300. The normalized spacial score (nSPS) is 13.0. The standard InChI is InChI=1S/C23H21N3O2S/c1-13-9-14(2)21(15(3)10-13)19-12-29-23(24-19)25-20(27)11-26-16(4)17-7-5-6-8-18(17)22(26)28/h5-10,12H,4,11H2,1-3H3,(H,24,25,27). The van der Waals surface area contributed by atoms with Gasteiger partial charge in [-0.3, -0.25) is 14.5 Å². The van der Waals surface area contributed by atoms with E-state index in [0.717, 1.165) is 27.9 Å². The average Bonchev–Trinajstić information content (AvgIpc) is 3.20. The molecule has 0 bridgehead atoms. The van der Waals surface area contributed by atoms with Gasteiger partial charge in [-0.2, -0.15) is 0 Å². The Morgan fingerprint density at radius 1 is 1.14 bits per heavy atom. The van der Waals surface area contributed by atoms with Crippen molar-refractivity contribution in [2.24, 2.45) is 0 Å².